The van der Waals surface area contributed by atoms with Gasteiger partial charge in [-0.3, -0.25) is 0 Å². The van der Waals surface area contributed by atoms with Gasteiger partial charge in [0.15, 0.2) is 11.6 Å². The smallest absolute Gasteiger partial charge is 0.168 e. The Balaban J connectivity index is 1.58. The monoisotopic (exact) mass is 288 g/mol. The van der Waals surface area contributed by atoms with Crippen molar-refractivity contribution in [3.8, 4) is 5.75 Å². The minimum absolute atomic E-state index is 0.195. The number of hydrogen-bond donors (Lipinski definition) is 0. The van der Waals surface area contributed by atoms with Crippen LogP contribution in [0.4, 0.5) is 4.39 Å². The highest BCUT2D eigenvalue weighted by Crippen LogP contribution is 2.32. The summed E-state index contributed by atoms with van der Waals surface area (Å²) in [5, 5.41) is 0. The largest absolute Gasteiger partial charge is 0.490 e. The molecule has 0 N–H and O–H groups in total. The second kappa shape index (κ2) is 6.64. The predicted octanol–water partition coefficient (Wildman–Crippen LogP) is 5.52. The van der Waals surface area contributed by atoms with Crippen molar-refractivity contribution in [3.05, 3.63) is 35.2 Å². The Kier molecular flexibility index (Phi) is 4.62. The molecule has 1 aromatic carbocycles. The predicted molar refractivity (Wildman–Crippen MR) is 85.0 cm³/mol. The minimum Gasteiger partial charge on any atom is -0.490 e. The molecule has 2 heteroatoms. The molecular weight excluding hydrogens is 263 g/mol. The third-order valence-electron chi connectivity index (χ3n) is 4.82. The highest BCUT2D eigenvalue weighted by Gasteiger charge is 2.18. The first-order valence-electron chi connectivity index (χ1n) is 8.34. The molecule has 0 heterocycles. The lowest BCUT2D eigenvalue weighted by atomic mass is 10.0. The van der Waals surface area contributed by atoms with Crippen LogP contribution in [-0.4, -0.2) is 6.61 Å². The van der Waals surface area contributed by atoms with Gasteiger partial charge in [-0.1, -0.05) is 43.9 Å². The number of rotatable bonds is 6. The first kappa shape index (κ1) is 14.6. The van der Waals surface area contributed by atoms with Crippen molar-refractivity contribution < 1.29 is 9.13 Å². The second-order valence-electron chi connectivity index (χ2n) is 6.58. The maximum absolute atomic E-state index is 14.3. The van der Waals surface area contributed by atoms with Crippen LogP contribution < -0.4 is 4.74 Å². The number of ether oxygens (including phenoxy) is 1. The average molecular weight is 288 g/mol. The van der Waals surface area contributed by atoms with Gasteiger partial charge in [0.05, 0.1) is 6.61 Å². The standard InChI is InChI=1S/C19H25FO/c1-14-17(9-8-16-6-7-16)10-11-18(19(14)20)21-13-12-15-4-2-3-5-15/h8-11,15-16H,2-7,12-13H2,1H3/b9-8+. The molecule has 1 nitrogen and oxygen atoms in total. The molecule has 0 radical (unpaired) electrons. The molecule has 2 aliphatic carbocycles. The average Bonchev–Trinajstić information content (AvgIpc) is 3.17. The zero-order valence-electron chi connectivity index (χ0n) is 12.9. The summed E-state index contributed by atoms with van der Waals surface area (Å²) in [6, 6.07) is 3.76. The lowest BCUT2D eigenvalue weighted by Crippen LogP contribution is -2.05. The van der Waals surface area contributed by atoms with E-state index in [1.54, 1.807) is 6.07 Å². The molecule has 0 saturated heterocycles. The SMILES string of the molecule is Cc1c(/C=C/C2CC2)ccc(OCCC2CCCC2)c1F. The normalized spacial score (nSPS) is 19.5. The van der Waals surface area contributed by atoms with Gasteiger partial charge in [-0.05, 0) is 55.2 Å². The molecule has 2 fully saturated rings. The summed E-state index contributed by atoms with van der Waals surface area (Å²) >= 11 is 0. The second-order valence-corrected chi connectivity index (χ2v) is 6.58. The van der Waals surface area contributed by atoms with Crippen molar-refractivity contribution in [2.45, 2.75) is 51.9 Å². The van der Waals surface area contributed by atoms with Gasteiger partial charge in [-0.2, -0.15) is 0 Å². The minimum atomic E-state index is -0.195. The van der Waals surface area contributed by atoms with E-state index in [0.717, 1.165) is 23.8 Å². The highest BCUT2D eigenvalue weighted by molar-refractivity contribution is 5.56. The molecule has 0 aliphatic heterocycles. The zero-order valence-corrected chi connectivity index (χ0v) is 12.9. The van der Waals surface area contributed by atoms with Crippen molar-refractivity contribution >= 4 is 6.08 Å². The molecular formula is C19H25FO. The molecule has 21 heavy (non-hydrogen) atoms. The third kappa shape index (κ3) is 3.87. The van der Waals surface area contributed by atoms with Crippen LogP contribution in [0.3, 0.4) is 0 Å². The fourth-order valence-electron chi connectivity index (χ4n) is 3.13. The van der Waals surface area contributed by atoms with Crippen molar-refractivity contribution in [3.63, 3.8) is 0 Å². The maximum Gasteiger partial charge on any atom is 0.168 e. The van der Waals surface area contributed by atoms with Crippen molar-refractivity contribution in [1.82, 2.24) is 0 Å². The number of allylic oxidation sites excluding steroid dienone is 1. The lowest BCUT2D eigenvalue weighted by Gasteiger charge is -2.13. The molecule has 0 bridgehead atoms. The topological polar surface area (TPSA) is 9.23 Å². The fourth-order valence-corrected chi connectivity index (χ4v) is 3.13. The highest BCUT2D eigenvalue weighted by atomic mass is 19.1. The van der Waals surface area contributed by atoms with E-state index in [0.29, 0.717) is 17.9 Å². The van der Waals surface area contributed by atoms with E-state index in [1.165, 1.54) is 38.5 Å². The van der Waals surface area contributed by atoms with E-state index >= 15 is 0 Å². The molecule has 1 aromatic rings. The number of benzene rings is 1. The van der Waals surface area contributed by atoms with Crippen LogP contribution in [0, 0.1) is 24.6 Å². The molecule has 2 aliphatic rings. The summed E-state index contributed by atoms with van der Waals surface area (Å²) in [7, 11) is 0. The summed E-state index contributed by atoms with van der Waals surface area (Å²) in [5.74, 6) is 1.72. The van der Waals surface area contributed by atoms with Crippen molar-refractivity contribution in [1.29, 1.82) is 0 Å². The molecule has 0 spiro atoms. The Labute approximate surface area is 127 Å². The van der Waals surface area contributed by atoms with Crippen LogP contribution in [0.1, 0.15) is 56.1 Å². The van der Waals surface area contributed by atoms with E-state index in [1.807, 2.05) is 13.0 Å². The molecule has 2 saturated carbocycles. The fraction of sp³-hybridized carbons (Fsp3) is 0.579. The summed E-state index contributed by atoms with van der Waals surface area (Å²) in [4.78, 5) is 0. The van der Waals surface area contributed by atoms with Crippen LogP contribution >= 0.6 is 0 Å². The van der Waals surface area contributed by atoms with E-state index in [2.05, 4.69) is 12.2 Å². The van der Waals surface area contributed by atoms with E-state index in [9.17, 15) is 4.39 Å². The first-order valence-corrected chi connectivity index (χ1v) is 8.34. The van der Waals surface area contributed by atoms with Gasteiger partial charge >= 0.3 is 0 Å². The molecule has 0 amide bonds. The Morgan fingerprint density at radius 1 is 1.19 bits per heavy atom. The lowest BCUT2D eigenvalue weighted by molar-refractivity contribution is 0.267. The van der Waals surface area contributed by atoms with Gasteiger partial charge in [0, 0.05) is 0 Å². The van der Waals surface area contributed by atoms with Gasteiger partial charge < -0.3 is 4.74 Å². The van der Waals surface area contributed by atoms with Crippen LogP contribution in [-0.2, 0) is 0 Å². The van der Waals surface area contributed by atoms with Gasteiger partial charge in [0.1, 0.15) is 0 Å². The zero-order chi connectivity index (χ0) is 14.7. The Morgan fingerprint density at radius 3 is 2.67 bits per heavy atom. The van der Waals surface area contributed by atoms with Gasteiger partial charge in [0.2, 0.25) is 0 Å². The molecule has 0 atom stereocenters. The third-order valence-corrected chi connectivity index (χ3v) is 4.82. The Morgan fingerprint density at radius 2 is 1.95 bits per heavy atom. The van der Waals surface area contributed by atoms with Crippen LogP contribution in [0.15, 0.2) is 18.2 Å². The molecule has 3 rings (SSSR count). The van der Waals surface area contributed by atoms with Gasteiger partial charge in [-0.25, -0.2) is 4.39 Å². The number of halogens is 1. The van der Waals surface area contributed by atoms with Crippen LogP contribution in [0.25, 0.3) is 6.08 Å². The number of hydrogen-bond acceptors (Lipinski definition) is 1. The molecule has 114 valence electrons. The summed E-state index contributed by atoms with van der Waals surface area (Å²) in [6.45, 7) is 2.48. The van der Waals surface area contributed by atoms with Crippen molar-refractivity contribution in [2.75, 3.05) is 6.61 Å². The molecule has 0 aromatic heterocycles. The Hall–Kier alpha value is -1.31. The van der Waals surface area contributed by atoms with Crippen LogP contribution in [0.2, 0.25) is 0 Å². The summed E-state index contributed by atoms with van der Waals surface area (Å²) < 4.78 is 20.0. The van der Waals surface area contributed by atoms with Crippen molar-refractivity contribution in [2.24, 2.45) is 11.8 Å². The first-order chi connectivity index (χ1) is 10.2. The summed E-state index contributed by atoms with van der Waals surface area (Å²) in [6.07, 6.45) is 13.2. The van der Waals surface area contributed by atoms with Crippen LogP contribution in [0.5, 0.6) is 5.75 Å². The molecule has 0 unspecified atom stereocenters. The maximum atomic E-state index is 14.3. The van der Waals surface area contributed by atoms with E-state index < -0.39 is 0 Å². The quantitative estimate of drug-likeness (QED) is 0.670. The van der Waals surface area contributed by atoms with E-state index in [-0.39, 0.29) is 5.82 Å². The summed E-state index contributed by atoms with van der Waals surface area (Å²) in [5.41, 5.74) is 1.67. The van der Waals surface area contributed by atoms with Gasteiger partial charge in [0.25, 0.3) is 0 Å². The van der Waals surface area contributed by atoms with Gasteiger partial charge in [-0.15, -0.1) is 0 Å². The Bertz CT molecular complexity index is 511. The van der Waals surface area contributed by atoms with E-state index in [4.69, 9.17) is 4.74 Å².